The maximum Gasteiger partial charge on any atom is 0.207 e. The number of nitrogens with two attached hydrogens (primary N) is 1. The average Bonchev–Trinajstić information content (AvgIpc) is 2.10. The Balaban J connectivity index is 3.48. The molecule has 0 spiro atoms. The van der Waals surface area contributed by atoms with E-state index in [0.29, 0.717) is 11.1 Å². The van der Waals surface area contributed by atoms with Gasteiger partial charge in [-0.25, -0.2) is 0 Å². The molecule has 0 saturated carbocycles. The molecular weight excluding hydrogens is 197 g/mol. The monoisotopic (exact) mass is 213 g/mol. The van der Waals surface area contributed by atoms with Crippen LogP contribution in [0.5, 0.6) is 11.5 Å². The van der Waals surface area contributed by atoms with E-state index < -0.39 is 17.1 Å². The number of halogens is 1. The molecule has 1 rings (SSSR count). The van der Waals surface area contributed by atoms with Gasteiger partial charge in [0.1, 0.15) is 0 Å². The minimum absolute atomic E-state index is 0.0560. The van der Waals surface area contributed by atoms with Crippen molar-refractivity contribution in [3.63, 3.8) is 0 Å². The highest BCUT2D eigenvalue weighted by molar-refractivity contribution is 5.49. The summed E-state index contributed by atoms with van der Waals surface area (Å²) in [4.78, 5) is 0. The van der Waals surface area contributed by atoms with Gasteiger partial charge in [0.15, 0.2) is 11.5 Å². The van der Waals surface area contributed by atoms with E-state index in [0.717, 1.165) is 0 Å². The second kappa shape index (κ2) is 3.70. The number of hydrogen-bond donors (Lipinski definition) is 2. The minimum atomic E-state index is -0.790. The van der Waals surface area contributed by atoms with Crippen LogP contribution in [0.1, 0.15) is 25.0 Å². The molecule has 0 aliphatic carbocycles. The summed E-state index contributed by atoms with van der Waals surface area (Å²) < 4.78 is 18.5. The highest BCUT2D eigenvalue weighted by Gasteiger charge is 2.24. The Bertz CT molecular complexity index is 383. The number of phenols is 1. The van der Waals surface area contributed by atoms with Crippen LogP contribution in [0.3, 0.4) is 0 Å². The van der Waals surface area contributed by atoms with Gasteiger partial charge < -0.3 is 15.6 Å². The fraction of sp³-hybridized carbons (Fsp3) is 0.455. The molecule has 0 atom stereocenters. The molecule has 3 nitrogen and oxygen atoms in total. The van der Waals surface area contributed by atoms with E-state index in [9.17, 15) is 9.50 Å². The first-order valence-electron chi connectivity index (χ1n) is 4.64. The fourth-order valence-corrected chi connectivity index (χ4v) is 1.49. The van der Waals surface area contributed by atoms with Crippen molar-refractivity contribution in [3.05, 3.63) is 23.0 Å². The van der Waals surface area contributed by atoms with Gasteiger partial charge in [-0.2, -0.15) is 4.39 Å². The van der Waals surface area contributed by atoms with Gasteiger partial charge in [0.05, 0.1) is 7.11 Å². The molecule has 0 aromatic heterocycles. The molecule has 0 aliphatic rings. The summed E-state index contributed by atoms with van der Waals surface area (Å²) in [5, 5.41) is 9.63. The summed E-state index contributed by atoms with van der Waals surface area (Å²) in [7, 11) is 1.36. The van der Waals surface area contributed by atoms with Crippen molar-refractivity contribution < 1.29 is 14.2 Å². The molecule has 0 amide bonds. The molecule has 0 unspecified atom stereocenters. The Kier molecular flexibility index (Phi) is 2.90. The van der Waals surface area contributed by atoms with Gasteiger partial charge >= 0.3 is 0 Å². The standard InChI is InChI=1S/C11H16FNO2/c1-6-5-7(11(2,3)13)9(14)8(12)10(6)15-4/h5,14H,13H2,1-4H3. The largest absolute Gasteiger partial charge is 0.504 e. The zero-order valence-electron chi connectivity index (χ0n) is 9.39. The predicted molar refractivity (Wildman–Crippen MR) is 56.6 cm³/mol. The second-order valence-corrected chi connectivity index (χ2v) is 4.16. The summed E-state index contributed by atoms with van der Waals surface area (Å²) >= 11 is 0. The summed E-state index contributed by atoms with van der Waals surface area (Å²) in [6, 6.07) is 1.64. The molecule has 0 aliphatic heterocycles. The Morgan fingerprint density at radius 1 is 1.47 bits per heavy atom. The van der Waals surface area contributed by atoms with Gasteiger partial charge in [-0.05, 0) is 32.4 Å². The van der Waals surface area contributed by atoms with Gasteiger partial charge in [-0.3, -0.25) is 0 Å². The molecule has 4 heteroatoms. The van der Waals surface area contributed by atoms with E-state index in [1.54, 1.807) is 26.8 Å². The van der Waals surface area contributed by atoms with Gasteiger partial charge in [0.2, 0.25) is 5.82 Å². The van der Waals surface area contributed by atoms with E-state index >= 15 is 0 Å². The zero-order chi connectivity index (χ0) is 11.8. The lowest BCUT2D eigenvalue weighted by atomic mass is 9.92. The van der Waals surface area contributed by atoms with Crippen LogP contribution in [0, 0.1) is 12.7 Å². The van der Waals surface area contributed by atoms with E-state index in [2.05, 4.69) is 0 Å². The third kappa shape index (κ3) is 2.04. The molecule has 3 N–H and O–H groups in total. The number of methoxy groups -OCH3 is 1. The average molecular weight is 213 g/mol. The summed E-state index contributed by atoms with van der Waals surface area (Å²) in [5.41, 5.74) is 6.02. The highest BCUT2D eigenvalue weighted by Crippen LogP contribution is 2.36. The van der Waals surface area contributed by atoms with Crippen molar-refractivity contribution in [1.29, 1.82) is 0 Å². The van der Waals surface area contributed by atoms with E-state index in [1.165, 1.54) is 7.11 Å². The molecule has 1 aromatic rings. The van der Waals surface area contributed by atoms with Crippen molar-refractivity contribution >= 4 is 0 Å². The molecule has 1 aromatic carbocycles. The Morgan fingerprint density at radius 2 is 2.00 bits per heavy atom. The number of hydrogen-bond acceptors (Lipinski definition) is 3. The summed E-state index contributed by atoms with van der Waals surface area (Å²) in [6.45, 7) is 5.11. The Labute approximate surface area is 88.7 Å². The van der Waals surface area contributed by atoms with Crippen LogP contribution >= 0.6 is 0 Å². The normalized spacial score (nSPS) is 11.6. The van der Waals surface area contributed by atoms with Crippen LogP contribution in [0.15, 0.2) is 6.07 Å². The maximum absolute atomic E-state index is 13.6. The lowest BCUT2D eigenvalue weighted by molar-refractivity contribution is 0.353. The number of aromatic hydroxyl groups is 1. The highest BCUT2D eigenvalue weighted by atomic mass is 19.1. The van der Waals surface area contributed by atoms with Crippen LogP contribution in [-0.4, -0.2) is 12.2 Å². The quantitative estimate of drug-likeness (QED) is 0.790. The fourth-order valence-electron chi connectivity index (χ4n) is 1.49. The van der Waals surface area contributed by atoms with Gasteiger partial charge in [0, 0.05) is 11.1 Å². The van der Waals surface area contributed by atoms with Crippen LogP contribution in [-0.2, 0) is 5.54 Å². The van der Waals surface area contributed by atoms with E-state index in [1.807, 2.05) is 0 Å². The first-order chi connectivity index (χ1) is 6.79. The van der Waals surface area contributed by atoms with Crippen molar-refractivity contribution in [3.8, 4) is 11.5 Å². The first kappa shape index (κ1) is 11.8. The molecular formula is C11H16FNO2. The molecule has 0 bridgehead atoms. The lowest BCUT2D eigenvalue weighted by Crippen LogP contribution is -2.29. The van der Waals surface area contributed by atoms with Crippen molar-refractivity contribution in [2.75, 3.05) is 7.11 Å². The predicted octanol–water partition coefficient (Wildman–Crippen LogP) is 2.04. The van der Waals surface area contributed by atoms with Gasteiger partial charge in [-0.15, -0.1) is 0 Å². The van der Waals surface area contributed by atoms with Crippen molar-refractivity contribution in [2.24, 2.45) is 5.73 Å². The molecule has 0 heterocycles. The SMILES string of the molecule is COc1c(C)cc(C(C)(C)N)c(O)c1F. The zero-order valence-corrected chi connectivity index (χ0v) is 9.39. The number of phenolic OH excluding ortho intramolecular Hbond substituents is 1. The van der Waals surface area contributed by atoms with E-state index in [-0.39, 0.29) is 5.75 Å². The number of aryl methyl sites for hydroxylation is 1. The minimum Gasteiger partial charge on any atom is -0.504 e. The first-order valence-corrected chi connectivity index (χ1v) is 4.64. The van der Waals surface area contributed by atoms with Crippen LogP contribution in [0.2, 0.25) is 0 Å². The van der Waals surface area contributed by atoms with Gasteiger partial charge in [-0.1, -0.05) is 0 Å². The van der Waals surface area contributed by atoms with Gasteiger partial charge in [0.25, 0.3) is 0 Å². The number of rotatable bonds is 2. The number of benzene rings is 1. The summed E-state index contributed by atoms with van der Waals surface area (Å²) in [5.74, 6) is -1.14. The summed E-state index contributed by atoms with van der Waals surface area (Å²) in [6.07, 6.45) is 0. The lowest BCUT2D eigenvalue weighted by Gasteiger charge is -2.22. The number of ether oxygens (including phenoxy) is 1. The molecule has 0 fully saturated rings. The third-order valence-corrected chi connectivity index (χ3v) is 2.28. The Morgan fingerprint density at radius 3 is 2.40 bits per heavy atom. The maximum atomic E-state index is 13.6. The van der Waals surface area contributed by atoms with Crippen LogP contribution < -0.4 is 10.5 Å². The van der Waals surface area contributed by atoms with Crippen LogP contribution in [0.4, 0.5) is 4.39 Å². The molecule has 0 saturated heterocycles. The van der Waals surface area contributed by atoms with Crippen molar-refractivity contribution in [2.45, 2.75) is 26.3 Å². The Hall–Kier alpha value is -1.29. The topological polar surface area (TPSA) is 55.5 Å². The molecule has 84 valence electrons. The third-order valence-electron chi connectivity index (χ3n) is 2.28. The smallest absolute Gasteiger partial charge is 0.207 e. The van der Waals surface area contributed by atoms with E-state index in [4.69, 9.17) is 10.5 Å². The molecule has 0 radical (unpaired) electrons. The van der Waals surface area contributed by atoms with Crippen molar-refractivity contribution in [1.82, 2.24) is 0 Å². The van der Waals surface area contributed by atoms with Crippen LogP contribution in [0.25, 0.3) is 0 Å². The molecule has 15 heavy (non-hydrogen) atoms. The second-order valence-electron chi connectivity index (χ2n) is 4.16.